The number of carbonyl (C=O) groups excluding carboxylic acids is 1. The maximum absolute atomic E-state index is 11.4. The Morgan fingerprint density at radius 3 is 2.42 bits per heavy atom. The molecule has 6 nitrogen and oxygen atoms in total. The largest absolute Gasteiger partial charge is 0.383 e. The first kappa shape index (κ1) is 17.8. The number of rotatable bonds is 5. The van der Waals surface area contributed by atoms with Gasteiger partial charge in [-0.2, -0.15) is 0 Å². The molecule has 0 aliphatic rings. The van der Waals surface area contributed by atoms with Gasteiger partial charge in [0, 0.05) is 22.9 Å². The molecule has 1 unspecified atom stereocenters. The highest BCUT2D eigenvalue weighted by molar-refractivity contribution is 7.78. The van der Waals surface area contributed by atoms with Crippen LogP contribution in [-0.2, 0) is 16.8 Å². The molecule has 1 aromatic heterocycles. The van der Waals surface area contributed by atoms with E-state index in [1.807, 2.05) is 24.3 Å². The highest BCUT2D eigenvalue weighted by Crippen LogP contribution is 2.30. The first-order valence-electron chi connectivity index (χ1n) is 7.76. The van der Waals surface area contributed by atoms with Gasteiger partial charge >= 0.3 is 0 Å². The number of aromatic nitrogens is 1. The van der Waals surface area contributed by atoms with Crippen molar-refractivity contribution in [2.75, 3.05) is 5.73 Å². The van der Waals surface area contributed by atoms with Crippen LogP contribution in [0.3, 0.4) is 0 Å². The number of hydrogen-bond acceptors (Lipinski definition) is 4. The normalized spacial score (nSPS) is 11.9. The lowest BCUT2D eigenvalue weighted by molar-refractivity contribution is 0.100. The van der Waals surface area contributed by atoms with Gasteiger partial charge in [-0.15, -0.1) is 0 Å². The van der Waals surface area contributed by atoms with Crippen molar-refractivity contribution in [3.05, 3.63) is 71.9 Å². The molecule has 26 heavy (non-hydrogen) atoms. The van der Waals surface area contributed by atoms with Crippen molar-refractivity contribution in [2.24, 2.45) is 5.73 Å². The molecule has 5 N–H and O–H groups in total. The summed E-state index contributed by atoms with van der Waals surface area (Å²) in [6.07, 6.45) is 1.66. The van der Waals surface area contributed by atoms with Gasteiger partial charge in [0.1, 0.15) is 5.82 Å². The van der Waals surface area contributed by atoms with Crippen molar-refractivity contribution >= 4 is 22.8 Å². The molecule has 2 aromatic carbocycles. The minimum atomic E-state index is -1.87. The number of nitrogen functional groups attached to an aromatic ring is 1. The van der Waals surface area contributed by atoms with Gasteiger partial charge in [-0.05, 0) is 34.9 Å². The number of nitrogens with two attached hydrogens (primary N) is 2. The van der Waals surface area contributed by atoms with Gasteiger partial charge < -0.3 is 16.0 Å². The quantitative estimate of drug-likeness (QED) is 0.599. The van der Waals surface area contributed by atoms with Crippen molar-refractivity contribution in [2.45, 2.75) is 5.75 Å². The summed E-state index contributed by atoms with van der Waals surface area (Å²) in [6, 6.07) is 16.1. The van der Waals surface area contributed by atoms with Gasteiger partial charge in [-0.25, -0.2) is 9.19 Å². The van der Waals surface area contributed by atoms with Gasteiger partial charge in [-0.1, -0.05) is 36.4 Å². The van der Waals surface area contributed by atoms with Crippen LogP contribution in [0, 0.1) is 0 Å². The molecule has 0 aliphatic heterocycles. The fourth-order valence-electron chi connectivity index (χ4n) is 2.64. The van der Waals surface area contributed by atoms with Gasteiger partial charge in [-0.3, -0.25) is 4.79 Å². The second-order valence-corrected chi connectivity index (χ2v) is 6.70. The molecule has 0 aliphatic carbocycles. The number of nitrogens with zero attached hydrogens (tertiary/aromatic N) is 1. The standard InChI is InChI=1S/C19H17N3O3S/c20-18-17(14-2-1-3-15(8-14)19(21)23)9-16(10-22-18)13-6-4-12(5-7-13)11-26(24)25/h1-10H,11H2,(H2,20,22)(H2,21,23)(H,24,25). The van der Waals surface area contributed by atoms with Crippen molar-refractivity contribution in [1.82, 2.24) is 4.98 Å². The van der Waals surface area contributed by atoms with Crippen LogP contribution in [0.2, 0.25) is 0 Å². The lowest BCUT2D eigenvalue weighted by Crippen LogP contribution is -2.10. The summed E-state index contributed by atoms with van der Waals surface area (Å²) < 4.78 is 19.9. The molecule has 132 valence electrons. The topological polar surface area (TPSA) is 119 Å². The van der Waals surface area contributed by atoms with Crippen LogP contribution in [0.25, 0.3) is 22.3 Å². The van der Waals surface area contributed by atoms with E-state index in [-0.39, 0.29) is 5.75 Å². The Bertz CT molecular complexity index is 988. The average Bonchev–Trinajstić information content (AvgIpc) is 2.62. The minimum Gasteiger partial charge on any atom is -0.383 e. The second-order valence-electron chi connectivity index (χ2n) is 5.76. The SMILES string of the molecule is NC(=O)c1cccc(-c2cc(-c3ccc(CS(=O)O)cc3)cnc2N)c1. The van der Waals surface area contributed by atoms with Gasteiger partial charge in [0.2, 0.25) is 5.91 Å². The Kier molecular flexibility index (Phi) is 5.11. The summed E-state index contributed by atoms with van der Waals surface area (Å²) in [5, 5.41) is 0. The van der Waals surface area contributed by atoms with Crippen LogP contribution >= 0.6 is 0 Å². The molecule has 3 aromatic rings. The number of benzene rings is 2. The van der Waals surface area contributed by atoms with E-state index in [0.717, 1.165) is 22.3 Å². The fourth-order valence-corrected chi connectivity index (χ4v) is 3.12. The summed E-state index contributed by atoms with van der Waals surface area (Å²) in [7, 11) is 0. The first-order valence-corrected chi connectivity index (χ1v) is 9.04. The summed E-state index contributed by atoms with van der Waals surface area (Å²) >= 11 is -1.87. The highest BCUT2D eigenvalue weighted by atomic mass is 32.2. The van der Waals surface area contributed by atoms with Crippen LogP contribution in [0.5, 0.6) is 0 Å². The fraction of sp³-hybridized carbons (Fsp3) is 0.0526. The predicted octanol–water partition coefficient (Wildman–Crippen LogP) is 2.82. The second kappa shape index (κ2) is 7.47. The molecule has 0 saturated carbocycles. The molecule has 0 fully saturated rings. The average molecular weight is 367 g/mol. The third-order valence-corrected chi connectivity index (χ3v) is 4.53. The molecular formula is C19H17N3O3S. The van der Waals surface area contributed by atoms with E-state index in [9.17, 15) is 9.00 Å². The molecule has 0 radical (unpaired) electrons. The lowest BCUT2D eigenvalue weighted by Gasteiger charge is -2.10. The van der Waals surface area contributed by atoms with Crippen LogP contribution in [0.15, 0.2) is 60.8 Å². The number of primary amides is 1. The van der Waals surface area contributed by atoms with E-state index in [0.29, 0.717) is 16.9 Å². The van der Waals surface area contributed by atoms with Crippen LogP contribution in [0.4, 0.5) is 5.82 Å². The smallest absolute Gasteiger partial charge is 0.248 e. The minimum absolute atomic E-state index is 0.0887. The Balaban J connectivity index is 1.99. The van der Waals surface area contributed by atoms with Crippen molar-refractivity contribution < 1.29 is 13.6 Å². The lowest BCUT2D eigenvalue weighted by atomic mass is 9.99. The molecule has 0 saturated heterocycles. The maximum atomic E-state index is 11.4. The Hall–Kier alpha value is -3.03. The van der Waals surface area contributed by atoms with Crippen LogP contribution in [-0.4, -0.2) is 19.7 Å². The number of carbonyl (C=O) groups is 1. The summed E-state index contributed by atoms with van der Waals surface area (Å²) in [4.78, 5) is 15.7. The molecule has 1 heterocycles. The van der Waals surface area contributed by atoms with E-state index in [4.69, 9.17) is 16.0 Å². The molecular weight excluding hydrogens is 350 g/mol. The molecule has 7 heteroatoms. The zero-order valence-corrected chi connectivity index (χ0v) is 14.6. The van der Waals surface area contributed by atoms with Crippen molar-refractivity contribution in [1.29, 1.82) is 0 Å². The van der Waals surface area contributed by atoms with Gasteiger partial charge in [0.25, 0.3) is 0 Å². The van der Waals surface area contributed by atoms with E-state index in [2.05, 4.69) is 4.98 Å². The van der Waals surface area contributed by atoms with Crippen LogP contribution in [0.1, 0.15) is 15.9 Å². The summed E-state index contributed by atoms with van der Waals surface area (Å²) in [6.45, 7) is 0. The third kappa shape index (κ3) is 3.96. The Morgan fingerprint density at radius 2 is 1.77 bits per heavy atom. The molecule has 0 spiro atoms. The summed E-state index contributed by atoms with van der Waals surface area (Å²) in [5.41, 5.74) is 15.7. The molecule has 3 rings (SSSR count). The predicted molar refractivity (Wildman–Crippen MR) is 103 cm³/mol. The van der Waals surface area contributed by atoms with Gasteiger partial charge in [0.05, 0.1) is 5.75 Å². The van der Waals surface area contributed by atoms with E-state index in [1.165, 1.54) is 0 Å². The highest BCUT2D eigenvalue weighted by Gasteiger charge is 2.10. The number of amides is 1. The maximum Gasteiger partial charge on any atom is 0.248 e. The van der Waals surface area contributed by atoms with E-state index in [1.54, 1.807) is 36.5 Å². The van der Waals surface area contributed by atoms with E-state index < -0.39 is 17.0 Å². The monoisotopic (exact) mass is 367 g/mol. The molecule has 1 amide bonds. The Morgan fingerprint density at radius 1 is 1.04 bits per heavy atom. The molecule has 1 atom stereocenters. The number of anilines is 1. The zero-order valence-electron chi connectivity index (χ0n) is 13.8. The zero-order chi connectivity index (χ0) is 18.7. The van der Waals surface area contributed by atoms with Crippen molar-refractivity contribution in [3.8, 4) is 22.3 Å². The summed E-state index contributed by atoms with van der Waals surface area (Å²) in [5.74, 6) is -0.0696. The van der Waals surface area contributed by atoms with Crippen molar-refractivity contribution in [3.63, 3.8) is 0 Å². The number of hydrogen-bond donors (Lipinski definition) is 3. The molecule has 0 bridgehead atoms. The van der Waals surface area contributed by atoms with Gasteiger partial charge in [0.15, 0.2) is 11.1 Å². The first-order chi connectivity index (χ1) is 12.4. The van der Waals surface area contributed by atoms with Crippen LogP contribution < -0.4 is 11.5 Å². The number of pyridine rings is 1. The Labute approximate surface area is 153 Å². The third-order valence-electron chi connectivity index (χ3n) is 3.95. The van der Waals surface area contributed by atoms with E-state index >= 15 is 0 Å².